The minimum atomic E-state index is -0.629. The number of carbonyl (C=O) groups is 2. The molecule has 4 aliphatic carbocycles. The molecular formula is C21H30O3. The van der Waals surface area contributed by atoms with Gasteiger partial charge in [0, 0.05) is 12.8 Å². The highest BCUT2D eigenvalue weighted by molar-refractivity contribution is 5.91. The minimum absolute atomic E-state index is 0.224. The number of ketones is 1. The van der Waals surface area contributed by atoms with E-state index < -0.39 is 5.97 Å². The fraction of sp³-hybridized carbons (Fsp3) is 0.810. The molecule has 1 N–H and O–H groups in total. The van der Waals surface area contributed by atoms with E-state index >= 15 is 0 Å². The van der Waals surface area contributed by atoms with Gasteiger partial charge in [-0.25, -0.2) is 0 Å². The third kappa shape index (κ3) is 2.23. The summed E-state index contributed by atoms with van der Waals surface area (Å²) < 4.78 is 0. The number of carboxylic acid groups (broad SMARTS) is 1. The zero-order valence-electron chi connectivity index (χ0n) is 15.0. The maximum Gasteiger partial charge on any atom is 0.303 e. The standard InChI is InChI=1S/C21H30O3/c1-20-9-7-15(22)11-13(20)3-5-16-17-6-4-14(12-19(23)24)21(17,2)10-8-18(16)20/h11,14,16-18H,3-10,12H2,1-2H3,(H,23,24)/t14-,16?,17?,18?,20+,21-/m1/s1. The van der Waals surface area contributed by atoms with Crippen molar-refractivity contribution in [3.63, 3.8) is 0 Å². The van der Waals surface area contributed by atoms with Crippen molar-refractivity contribution in [1.82, 2.24) is 0 Å². The van der Waals surface area contributed by atoms with Gasteiger partial charge in [-0.15, -0.1) is 0 Å². The van der Waals surface area contributed by atoms with Gasteiger partial charge in [0.1, 0.15) is 0 Å². The predicted octanol–water partition coefficient (Wildman–Crippen LogP) is 4.61. The quantitative estimate of drug-likeness (QED) is 0.804. The van der Waals surface area contributed by atoms with Crippen LogP contribution in [0.5, 0.6) is 0 Å². The third-order valence-corrected chi connectivity index (χ3v) is 8.58. The molecule has 0 aliphatic heterocycles. The van der Waals surface area contributed by atoms with Crippen LogP contribution >= 0.6 is 0 Å². The summed E-state index contributed by atoms with van der Waals surface area (Å²) in [7, 11) is 0. The highest BCUT2D eigenvalue weighted by atomic mass is 16.4. The summed E-state index contributed by atoms with van der Waals surface area (Å²) in [6.45, 7) is 4.79. The van der Waals surface area contributed by atoms with E-state index in [2.05, 4.69) is 13.8 Å². The lowest BCUT2D eigenvalue weighted by Gasteiger charge is -2.58. The molecule has 3 heteroatoms. The molecule has 4 rings (SSSR count). The molecule has 3 nitrogen and oxygen atoms in total. The normalized spacial score (nSPS) is 47.4. The van der Waals surface area contributed by atoms with Crippen LogP contribution < -0.4 is 0 Å². The van der Waals surface area contributed by atoms with Crippen LogP contribution in [0.15, 0.2) is 11.6 Å². The topological polar surface area (TPSA) is 54.4 Å². The Bertz CT molecular complexity index is 606. The lowest BCUT2D eigenvalue weighted by molar-refractivity contribution is -0.140. The number of fused-ring (bicyclic) bond motifs is 5. The van der Waals surface area contributed by atoms with E-state index in [0.717, 1.165) is 25.2 Å². The summed E-state index contributed by atoms with van der Waals surface area (Å²) in [5.74, 6) is 2.18. The molecule has 4 aliphatic rings. The zero-order valence-corrected chi connectivity index (χ0v) is 15.0. The van der Waals surface area contributed by atoms with E-state index in [1.165, 1.54) is 31.3 Å². The zero-order chi connectivity index (χ0) is 17.1. The van der Waals surface area contributed by atoms with E-state index in [9.17, 15) is 14.7 Å². The summed E-state index contributed by atoms with van der Waals surface area (Å²) in [5, 5.41) is 9.29. The lowest BCUT2D eigenvalue weighted by atomic mass is 9.47. The second kappa shape index (κ2) is 5.44. The number of carbonyl (C=O) groups excluding carboxylic acids is 1. The molecule has 132 valence electrons. The molecule has 3 fully saturated rings. The van der Waals surface area contributed by atoms with Gasteiger partial charge in [0.2, 0.25) is 0 Å². The number of allylic oxidation sites excluding steroid dienone is 1. The highest BCUT2D eigenvalue weighted by Gasteiger charge is 2.58. The van der Waals surface area contributed by atoms with Crippen LogP contribution in [0.4, 0.5) is 0 Å². The molecule has 0 aromatic carbocycles. The Morgan fingerprint density at radius 2 is 1.92 bits per heavy atom. The maximum absolute atomic E-state index is 11.9. The molecule has 6 atom stereocenters. The van der Waals surface area contributed by atoms with Crippen molar-refractivity contribution in [2.24, 2.45) is 34.5 Å². The van der Waals surface area contributed by atoms with Crippen LogP contribution in [0, 0.1) is 34.5 Å². The first-order chi connectivity index (χ1) is 11.3. The molecule has 3 unspecified atom stereocenters. The Morgan fingerprint density at radius 1 is 1.12 bits per heavy atom. The molecule has 0 saturated heterocycles. The van der Waals surface area contributed by atoms with Crippen LogP contribution in [0.1, 0.15) is 71.6 Å². The summed E-state index contributed by atoms with van der Waals surface area (Å²) in [5.41, 5.74) is 1.87. The first kappa shape index (κ1) is 16.4. The second-order valence-electron chi connectivity index (χ2n) is 9.39. The van der Waals surface area contributed by atoms with Gasteiger partial charge in [0.15, 0.2) is 5.78 Å². The van der Waals surface area contributed by atoms with Gasteiger partial charge < -0.3 is 5.11 Å². The number of hydrogen-bond donors (Lipinski definition) is 1. The van der Waals surface area contributed by atoms with Crippen LogP contribution in [0.2, 0.25) is 0 Å². The van der Waals surface area contributed by atoms with Gasteiger partial charge >= 0.3 is 5.97 Å². The summed E-state index contributed by atoms with van der Waals surface area (Å²) >= 11 is 0. The van der Waals surface area contributed by atoms with Gasteiger partial charge in [-0.2, -0.15) is 0 Å². The van der Waals surface area contributed by atoms with Crippen LogP contribution in [-0.4, -0.2) is 16.9 Å². The Morgan fingerprint density at radius 3 is 2.67 bits per heavy atom. The third-order valence-electron chi connectivity index (χ3n) is 8.58. The molecule has 0 heterocycles. The van der Waals surface area contributed by atoms with E-state index in [1.807, 2.05) is 6.08 Å². The number of aliphatic carboxylic acids is 1. The molecule has 0 spiro atoms. The number of rotatable bonds is 2. The average Bonchev–Trinajstić information content (AvgIpc) is 2.84. The van der Waals surface area contributed by atoms with Crippen molar-refractivity contribution in [1.29, 1.82) is 0 Å². The van der Waals surface area contributed by atoms with Crippen molar-refractivity contribution in [2.75, 3.05) is 0 Å². The fourth-order valence-corrected chi connectivity index (χ4v) is 7.21. The van der Waals surface area contributed by atoms with Crippen molar-refractivity contribution in [3.05, 3.63) is 11.6 Å². The molecular weight excluding hydrogens is 300 g/mol. The second-order valence-corrected chi connectivity index (χ2v) is 9.39. The molecule has 0 radical (unpaired) electrons. The molecule has 0 amide bonds. The summed E-state index contributed by atoms with van der Waals surface area (Å²) in [4.78, 5) is 23.2. The lowest BCUT2D eigenvalue weighted by Crippen LogP contribution is -2.50. The van der Waals surface area contributed by atoms with E-state index in [-0.39, 0.29) is 10.8 Å². The van der Waals surface area contributed by atoms with Crippen LogP contribution in [0.3, 0.4) is 0 Å². The van der Waals surface area contributed by atoms with Gasteiger partial charge in [-0.3, -0.25) is 9.59 Å². The fourth-order valence-electron chi connectivity index (χ4n) is 7.21. The predicted molar refractivity (Wildman–Crippen MR) is 92.5 cm³/mol. The maximum atomic E-state index is 11.9. The van der Waals surface area contributed by atoms with Gasteiger partial charge in [0.25, 0.3) is 0 Å². The van der Waals surface area contributed by atoms with Crippen molar-refractivity contribution >= 4 is 11.8 Å². The van der Waals surface area contributed by atoms with Gasteiger partial charge in [0.05, 0.1) is 0 Å². The minimum Gasteiger partial charge on any atom is -0.481 e. The first-order valence-electron chi connectivity index (χ1n) is 9.80. The smallest absolute Gasteiger partial charge is 0.303 e. The van der Waals surface area contributed by atoms with E-state index in [1.54, 1.807) is 0 Å². The van der Waals surface area contributed by atoms with Crippen molar-refractivity contribution in [3.8, 4) is 0 Å². The van der Waals surface area contributed by atoms with Gasteiger partial charge in [-0.1, -0.05) is 19.4 Å². The van der Waals surface area contributed by atoms with Crippen molar-refractivity contribution in [2.45, 2.75) is 71.6 Å². The molecule has 3 saturated carbocycles. The number of carboxylic acids is 1. The Kier molecular flexibility index (Phi) is 3.71. The largest absolute Gasteiger partial charge is 0.481 e. The van der Waals surface area contributed by atoms with Gasteiger partial charge in [-0.05, 0) is 85.5 Å². The Labute approximate surface area is 144 Å². The Balaban J connectivity index is 1.62. The van der Waals surface area contributed by atoms with Crippen LogP contribution in [0.25, 0.3) is 0 Å². The van der Waals surface area contributed by atoms with E-state index in [0.29, 0.717) is 36.4 Å². The number of hydrogen-bond acceptors (Lipinski definition) is 2. The van der Waals surface area contributed by atoms with Crippen LogP contribution in [-0.2, 0) is 9.59 Å². The highest BCUT2D eigenvalue weighted by Crippen LogP contribution is 2.66. The average molecular weight is 330 g/mol. The summed E-state index contributed by atoms with van der Waals surface area (Å²) in [6.07, 6.45) is 11.0. The Hall–Kier alpha value is -1.12. The molecule has 0 aromatic heterocycles. The van der Waals surface area contributed by atoms with Crippen molar-refractivity contribution < 1.29 is 14.7 Å². The monoisotopic (exact) mass is 330 g/mol. The molecule has 0 bridgehead atoms. The molecule has 24 heavy (non-hydrogen) atoms. The first-order valence-corrected chi connectivity index (χ1v) is 9.80. The SMILES string of the molecule is C[C@]12CCC(=O)C=C1CCC1C2CC[C@@]2(C)C1CC[C@@H]2CC(=O)O. The van der Waals surface area contributed by atoms with E-state index in [4.69, 9.17) is 0 Å². The molecule has 0 aromatic rings. The summed E-state index contributed by atoms with van der Waals surface area (Å²) in [6, 6.07) is 0.